The molecule has 0 spiro atoms. The summed E-state index contributed by atoms with van der Waals surface area (Å²) in [6.45, 7) is 3.49. The average Bonchev–Trinajstić information content (AvgIpc) is 2.49. The number of unbranched alkanes of at least 4 members (excludes halogenated alkanes) is 2. The molecule has 0 heterocycles. The molecule has 1 N–H and O–H groups in total. The summed E-state index contributed by atoms with van der Waals surface area (Å²) in [5, 5.41) is 8.89. The zero-order valence-corrected chi connectivity index (χ0v) is 13.1. The zero-order valence-electron chi connectivity index (χ0n) is 13.1. The predicted molar refractivity (Wildman–Crippen MR) is 83.5 cm³/mol. The first-order valence-electron chi connectivity index (χ1n) is 7.31. The van der Waals surface area contributed by atoms with Crippen molar-refractivity contribution in [3.8, 4) is 11.5 Å². The summed E-state index contributed by atoms with van der Waals surface area (Å²) >= 11 is 0. The van der Waals surface area contributed by atoms with Crippen molar-refractivity contribution in [3.05, 3.63) is 18.2 Å². The highest BCUT2D eigenvalue weighted by atomic mass is 16.5. The van der Waals surface area contributed by atoms with E-state index < -0.39 is 5.97 Å². The van der Waals surface area contributed by atoms with E-state index in [1.165, 1.54) is 0 Å². The number of nitrogens with zero attached hydrogens (tertiary/aromatic N) is 1. The minimum absolute atomic E-state index is 0.125. The number of hydrogen-bond acceptors (Lipinski definition) is 4. The van der Waals surface area contributed by atoms with Gasteiger partial charge < -0.3 is 19.5 Å². The number of carbonyl (C=O) groups is 1. The fourth-order valence-electron chi connectivity index (χ4n) is 2.17. The zero-order chi connectivity index (χ0) is 15.7. The van der Waals surface area contributed by atoms with E-state index in [2.05, 4.69) is 11.8 Å². The molecule has 5 heteroatoms. The van der Waals surface area contributed by atoms with E-state index >= 15 is 0 Å². The van der Waals surface area contributed by atoms with Gasteiger partial charge in [-0.25, -0.2) is 0 Å². The van der Waals surface area contributed by atoms with Crippen LogP contribution in [-0.2, 0) is 4.79 Å². The maximum absolute atomic E-state index is 10.8. The van der Waals surface area contributed by atoms with Gasteiger partial charge in [-0.2, -0.15) is 0 Å². The van der Waals surface area contributed by atoms with Crippen LogP contribution in [0, 0.1) is 0 Å². The van der Waals surface area contributed by atoms with Crippen molar-refractivity contribution in [1.29, 1.82) is 0 Å². The van der Waals surface area contributed by atoms with E-state index in [0.29, 0.717) is 18.0 Å². The van der Waals surface area contributed by atoms with Gasteiger partial charge in [-0.15, -0.1) is 0 Å². The van der Waals surface area contributed by atoms with Gasteiger partial charge in [-0.3, -0.25) is 4.79 Å². The monoisotopic (exact) mass is 295 g/mol. The molecule has 0 aromatic heterocycles. The lowest BCUT2D eigenvalue weighted by molar-refractivity contribution is -0.136. The Bertz CT molecular complexity index is 448. The first-order valence-corrected chi connectivity index (χ1v) is 7.31. The Morgan fingerprint density at radius 1 is 1.14 bits per heavy atom. The number of benzene rings is 1. The largest absolute Gasteiger partial charge is 0.493 e. The highest BCUT2D eigenvalue weighted by Crippen LogP contribution is 2.31. The summed E-state index contributed by atoms with van der Waals surface area (Å²) in [6.07, 6.45) is 3.44. The third-order valence-corrected chi connectivity index (χ3v) is 3.36. The van der Waals surface area contributed by atoms with Gasteiger partial charge >= 0.3 is 5.97 Å². The third-order valence-electron chi connectivity index (χ3n) is 3.36. The number of aliphatic carboxylic acids is 1. The fraction of sp³-hybridized carbons (Fsp3) is 0.562. The summed E-state index contributed by atoms with van der Waals surface area (Å²) < 4.78 is 10.5. The van der Waals surface area contributed by atoms with E-state index in [-0.39, 0.29) is 6.42 Å². The van der Waals surface area contributed by atoms with Gasteiger partial charge in [0.15, 0.2) is 11.5 Å². The van der Waals surface area contributed by atoms with Crippen LogP contribution in [0.25, 0.3) is 0 Å². The smallest absolute Gasteiger partial charge is 0.305 e. The van der Waals surface area contributed by atoms with Crippen LogP contribution in [0.3, 0.4) is 0 Å². The lowest BCUT2D eigenvalue weighted by Crippen LogP contribution is -2.27. The van der Waals surface area contributed by atoms with Crippen LogP contribution in [0.15, 0.2) is 18.2 Å². The molecular formula is C16H25NO4. The number of rotatable bonds is 10. The Labute approximate surface area is 126 Å². The second kappa shape index (κ2) is 9.10. The molecule has 0 aliphatic heterocycles. The normalized spacial score (nSPS) is 10.2. The van der Waals surface area contributed by atoms with Crippen LogP contribution in [0.1, 0.15) is 32.6 Å². The molecular weight excluding hydrogens is 270 g/mol. The van der Waals surface area contributed by atoms with Crippen molar-refractivity contribution in [1.82, 2.24) is 0 Å². The number of anilines is 1. The van der Waals surface area contributed by atoms with Gasteiger partial charge in [0.2, 0.25) is 0 Å². The van der Waals surface area contributed by atoms with Gasteiger partial charge in [0.05, 0.1) is 20.6 Å². The van der Waals surface area contributed by atoms with Gasteiger partial charge in [-0.1, -0.05) is 19.8 Å². The van der Waals surface area contributed by atoms with E-state index in [4.69, 9.17) is 14.6 Å². The quantitative estimate of drug-likeness (QED) is 0.672. The molecule has 0 aliphatic carbocycles. The molecule has 1 rings (SSSR count). The number of carboxylic acids is 1. The Morgan fingerprint density at radius 2 is 1.86 bits per heavy atom. The van der Waals surface area contributed by atoms with Gasteiger partial charge in [-0.05, 0) is 18.6 Å². The van der Waals surface area contributed by atoms with Gasteiger partial charge in [0.1, 0.15) is 0 Å². The van der Waals surface area contributed by atoms with Crippen molar-refractivity contribution >= 4 is 11.7 Å². The van der Waals surface area contributed by atoms with Crippen LogP contribution in [0.2, 0.25) is 0 Å². The summed E-state index contributed by atoms with van der Waals surface area (Å²) in [5.74, 6) is 0.551. The number of methoxy groups -OCH3 is 2. The van der Waals surface area contributed by atoms with Crippen LogP contribution >= 0.6 is 0 Å². The van der Waals surface area contributed by atoms with E-state index in [9.17, 15) is 4.79 Å². The highest BCUT2D eigenvalue weighted by molar-refractivity contribution is 5.68. The minimum Gasteiger partial charge on any atom is -0.493 e. The molecule has 21 heavy (non-hydrogen) atoms. The Kier molecular flexibility index (Phi) is 7.43. The molecule has 5 nitrogen and oxygen atoms in total. The number of carboxylic acid groups (broad SMARTS) is 1. The summed E-state index contributed by atoms with van der Waals surface area (Å²) in [5.41, 5.74) is 0.963. The van der Waals surface area contributed by atoms with Crippen molar-refractivity contribution in [2.75, 3.05) is 32.2 Å². The van der Waals surface area contributed by atoms with Crippen molar-refractivity contribution in [2.45, 2.75) is 32.6 Å². The second-order valence-electron chi connectivity index (χ2n) is 4.88. The van der Waals surface area contributed by atoms with Gasteiger partial charge in [0, 0.05) is 24.8 Å². The SMILES string of the molecule is CCCCCN(CCC(=O)O)c1ccc(OC)c(OC)c1. The molecule has 1 aromatic rings. The molecule has 0 unspecified atom stereocenters. The average molecular weight is 295 g/mol. The lowest BCUT2D eigenvalue weighted by Gasteiger charge is -2.25. The maximum atomic E-state index is 10.8. The summed E-state index contributed by atoms with van der Waals surface area (Å²) in [4.78, 5) is 12.9. The molecule has 118 valence electrons. The standard InChI is InChI=1S/C16H25NO4/c1-4-5-6-10-17(11-9-16(18)19)13-7-8-14(20-2)15(12-13)21-3/h7-8,12H,4-6,9-11H2,1-3H3,(H,18,19). The Morgan fingerprint density at radius 3 is 2.43 bits per heavy atom. The Balaban J connectivity index is 2.86. The molecule has 0 fully saturated rings. The molecule has 1 aromatic carbocycles. The first kappa shape index (κ1) is 17.1. The maximum Gasteiger partial charge on any atom is 0.305 e. The molecule has 0 atom stereocenters. The van der Waals surface area contributed by atoms with E-state index in [0.717, 1.165) is 31.5 Å². The van der Waals surface area contributed by atoms with Crippen LogP contribution in [-0.4, -0.2) is 38.4 Å². The van der Waals surface area contributed by atoms with Crippen molar-refractivity contribution in [3.63, 3.8) is 0 Å². The lowest BCUT2D eigenvalue weighted by atomic mass is 10.2. The highest BCUT2D eigenvalue weighted by Gasteiger charge is 2.12. The predicted octanol–water partition coefficient (Wildman–Crippen LogP) is 3.18. The van der Waals surface area contributed by atoms with E-state index in [1.54, 1.807) is 14.2 Å². The number of hydrogen-bond donors (Lipinski definition) is 1. The van der Waals surface area contributed by atoms with Crippen LogP contribution in [0.5, 0.6) is 11.5 Å². The molecule has 0 bridgehead atoms. The fourth-order valence-corrected chi connectivity index (χ4v) is 2.17. The van der Waals surface area contributed by atoms with Crippen LogP contribution in [0.4, 0.5) is 5.69 Å². The molecule has 0 saturated carbocycles. The van der Waals surface area contributed by atoms with Crippen LogP contribution < -0.4 is 14.4 Å². The van der Waals surface area contributed by atoms with Crippen molar-refractivity contribution < 1.29 is 19.4 Å². The summed E-state index contributed by atoms with van der Waals surface area (Å²) in [6, 6.07) is 5.68. The summed E-state index contributed by atoms with van der Waals surface area (Å²) in [7, 11) is 3.20. The first-order chi connectivity index (χ1) is 10.1. The molecule has 0 amide bonds. The van der Waals surface area contributed by atoms with Gasteiger partial charge in [0.25, 0.3) is 0 Å². The van der Waals surface area contributed by atoms with Crippen molar-refractivity contribution in [2.24, 2.45) is 0 Å². The molecule has 0 aliphatic rings. The second-order valence-corrected chi connectivity index (χ2v) is 4.88. The third kappa shape index (κ3) is 5.53. The minimum atomic E-state index is -0.782. The Hall–Kier alpha value is -1.91. The number of ether oxygens (including phenoxy) is 2. The molecule has 0 saturated heterocycles. The van der Waals surface area contributed by atoms with E-state index in [1.807, 2.05) is 18.2 Å². The molecule has 0 radical (unpaired) electrons. The topological polar surface area (TPSA) is 59.0 Å².